The first-order chi connectivity index (χ1) is 14.3. The minimum absolute atomic E-state index is 0.288. The van der Waals surface area contributed by atoms with Crippen LogP contribution < -0.4 is 5.32 Å². The lowest BCUT2D eigenvalue weighted by molar-refractivity contribution is -0.133. The maximum atomic E-state index is 12.5. The standard InChI is InChI=1S/C22H35N5O2/c1-23-22(24-10-17-29-19-20-8-4-2-5-9-20)27-15-13-25(14-16-27)18-21(28)26-11-6-3-7-12-26/h2,4-5,8-9H,3,6-7,10-19H2,1H3,(H,23,24). The van der Waals surface area contributed by atoms with Gasteiger partial charge in [-0.3, -0.25) is 14.7 Å². The molecule has 3 rings (SSSR count). The maximum absolute atomic E-state index is 12.5. The van der Waals surface area contributed by atoms with E-state index in [1.807, 2.05) is 30.1 Å². The molecule has 29 heavy (non-hydrogen) atoms. The molecule has 0 spiro atoms. The summed E-state index contributed by atoms with van der Waals surface area (Å²) in [6.45, 7) is 7.97. The zero-order valence-electron chi connectivity index (χ0n) is 17.7. The Morgan fingerprint density at radius 2 is 1.72 bits per heavy atom. The van der Waals surface area contributed by atoms with E-state index in [1.54, 1.807) is 0 Å². The van der Waals surface area contributed by atoms with Crippen molar-refractivity contribution in [1.29, 1.82) is 0 Å². The Kier molecular flexibility index (Phi) is 8.77. The van der Waals surface area contributed by atoms with Crippen molar-refractivity contribution < 1.29 is 9.53 Å². The molecule has 0 aromatic heterocycles. The average molecular weight is 402 g/mol. The van der Waals surface area contributed by atoms with Crippen LogP contribution in [0.25, 0.3) is 0 Å². The Morgan fingerprint density at radius 3 is 2.41 bits per heavy atom. The highest BCUT2D eigenvalue weighted by molar-refractivity contribution is 5.80. The fourth-order valence-corrected chi connectivity index (χ4v) is 3.88. The highest BCUT2D eigenvalue weighted by atomic mass is 16.5. The van der Waals surface area contributed by atoms with Crippen LogP contribution in [0.3, 0.4) is 0 Å². The van der Waals surface area contributed by atoms with Gasteiger partial charge in [-0.05, 0) is 24.8 Å². The summed E-state index contributed by atoms with van der Waals surface area (Å²) in [6, 6.07) is 10.2. The number of amides is 1. The Bertz CT molecular complexity index is 638. The summed E-state index contributed by atoms with van der Waals surface area (Å²) < 4.78 is 5.73. The average Bonchev–Trinajstić information content (AvgIpc) is 2.78. The third kappa shape index (κ3) is 7.01. The quantitative estimate of drug-likeness (QED) is 0.425. The lowest BCUT2D eigenvalue weighted by atomic mass is 10.1. The largest absolute Gasteiger partial charge is 0.375 e. The van der Waals surface area contributed by atoms with Crippen LogP contribution in [0.2, 0.25) is 0 Å². The van der Waals surface area contributed by atoms with Crippen molar-refractivity contribution >= 4 is 11.9 Å². The normalized spacial score (nSPS) is 18.7. The van der Waals surface area contributed by atoms with Crippen molar-refractivity contribution in [2.75, 3.05) is 66.0 Å². The van der Waals surface area contributed by atoms with Crippen molar-refractivity contribution in [3.8, 4) is 0 Å². The number of nitrogens with one attached hydrogen (secondary N) is 1. The second-order valence-corrected chi connectivity index (χ2v) is 7.72. The summed E-state index contributed by atoms with van der Waals surface area (Å²) in [5.74, 6) is 1.20. The number of nitrogens with zero attached hydrogens (tertiary/aromatic N) is 4. The summed E-state index contributed by atoms with van der Waals surface area (Å²) in [4.78, 5) is 23.4. The lowest BCUT2D eigenvalue weighted by Crippen LogP contribution is -2.54. The number of carbonyl (C=O) groups is 1. The number of hydrogen-bond acceptors (Lipinski definition) is 4. The van der Waals surface area contributed by atoms with Crippen LogP contribution in [0.1, 0.15) is 24.8 Å². The molecule has 7 nitrogen and oxygen atoms in total. The molecule has 2 heterocycles. The van der Waals surface area contributed by atoms with E-state index in [9.17, 15) is 4.79 Å². The van der Waals surface area contributed by atoms with Gasteiger partial charge in [0.2, 0.25) is 5.91 Å². The minimum Gasteiger partial charge on any atom is -0.375 e. The van der Waals surface area contributed by atoms with Crippen LogP contribution in [-0.4, -0.2) is 92.6 Å². The topological polar surface area (TPSA) is 60.4 Å². The number of hydrogen-bond donors (Lipinski definition) is 1. The molecule has 0 radical (unpaired) electrons. The molecule has 2 aliphatic heterocycles. The first kappa shape index (κ1) is 21.6. The molecule has 1 aromatic carbocycles. The van der Waals surface area contributed by atoms with Gasteiger partial charge in [0.25, 0.3) is 0 Å². The molecule has 2 saturated heterocycles. The molecular weight excluding hydrogens is 366 g/mol. The molecular formula is C22H35N5O2. The van der Waals surface area contributed by atoms with Crippen LogP contribution in [0.5, 0.6) is 0 Å². The van der Waals surface area contributed by atoms with Crippen LogP contribution in [0.4, 0.5) is 0 Å². The predicted molar refractivity (Wildman–Crippen MR) is 116 cm³/mol. The predicted octanol–water partition coefficient (Wildman–Crippen LogP) is 1.41. The first-order valence-corrected chi connectivity index (χ1v) is 10.8. The number of carbonyl (C=O) groups excluding carboxylic acids is 1. The molecule has 0 saturated carbocycles. The molecule has 0 bridgehead atoms. The number of guanidine groups is 1. The number of likely N-dealkylation sites (tertiary alicyclic amines) is 1. The zero-order chi connectivity index (χ0) is 20.3. The third-order valence-electron chi connectivity index (χ3n) is 5.59. The summed E-state index contributed by atoms with van der Waals surface area (Å²) in [6.07, 6.45) is 3.55. The Balaban J connectivity index is 1.31. The van der Waals surface area contributed by atoms with Gasteiger partial charge >= 0.3 is 0 Å². The second kappa shape index (κ2) is 11.8. The highest BCUT2D eigenvalue weighted by Gasteiger charge is 2.23. The fraction of sp³-hybridized carbons (Fsp3) is 0.636. The van der Waals surface area contributed by atoms with E-state index >= 15 is 0 Å². The number of benzene rings is 1. The lowest BCUT2D eigenvalue weighted by Gasteiger charge is -2.37. The molecule has 0 unspecified atom stereocenters. The Hall–Kier alpha value is -2.12. The Morgan fingerprint density at radius 1 is 1.00 bits per heavy atom. The smallest absolute Gasteiger partial charge is 0.236 e. The van der Waals surface area contributed by atoms with Gasteiger partial charge in [0, 0.05) is 52.9 Å². The number of aliphatic imine (C=N–C) groups is 1. The molecule has 0 atom stereocenters. The Labute approximate surface area is 174 Å². The van der Waals surface area contributed by atoms with Gasteiger partial charge in [-0.2, -0.15) is 0 Å². The summed E-state index contributed by atoms with van der Waals surface area (Å²) in [5, 5.41) is 3.39. The molecule has 2 fully saturated rings. The second-order valence-electron chi connectivity index (χ2n) is 7.72. The monoisotopic (exact) mass is 401 g/mol. The summed E-state index contributed by atoms with van der Waals surface area (Å²) in [7, 11) is 1.82. The molecule has 1 amide bonds. The van der Waals surface area contributed by atoms with Gasteiger partial charge < -0.3 is 19.9 Å². The first-order valence-electron chi connectivity index (χ1n) is 10.8. The number of ether oxygens (including phenoxy) is 1. The number of piperazine rings is 1. The fourth-order valence-electron chi connectivity index (χ4n) is 3.88. The van der Waals surface area contributed by atoms with E-state index in [-0.39, 0.29) is 5.91 Å². The van der Waals surface area contributed by atoms with Crippen molar-refractivity contribution in [2.45, 2.75) is 25.9 Å². The van der Waals surface area contributed by atoms with Crippen LogP contribution in [-0.2, 0) is 16.1 Å². The van der Waals surface area contributed by atoms with Gasteiger partial charge in [0.15, 0.2) is 5.96 Å². The maximum Gasteiger partial charge on any atom is 0.236 e. The van der Waals surface area contributed by atoms with Gasteiger partial charge in [0.1, 0.15) is 0 Å². The molecule has 7 heteroatoms. The van der Waals surface area contributed by atoms with Crippen molar-refractivity contribution in [3.63, 3.8) is 0 Å². The van der Waals surface area contributed by atoms with Crippen molar-refractivity contribution in [1.82, 2.24) is 20.0 Å². The third-order valence-corrected chi connectivity index (χ3v) is 5.59. The van der Waals surface area contributed by atoms with Crippen LogP contribution in [0.15, 0.2) is 35.3 Å². The minimum atomic E-state index is 0.288. The molecule has 0 aliphatic carbocycles. The van der Waals surface area contributed by atoms with E-state index in [1.165, 1.54) is 12.0 Å². The highest BCUT2D eigenvalue weighted by Crippen LogP contribution is 2.10. The van der Waals surface area contributed by atoms with Gasteiger partial charge in [-0.15, -0.1) is 0 Å². The van der Waals surface area contributed by atoms with E-state index in [0.717, 1.165) is 64.6 Å². The molecule has 1 N–H and O–H groups in total. The molecule has 2 aliphatic rings. The van der Waals surface area contributed by atoms with Crippen molar-refractivity contribution in [3.05, 3.63) is 35.9 Å². The van der Waals surface area contributed by atoms with E-state index < -0.39 is 0 Å². The zero-order valence-corrected chi connectivity index (χ0v) is 17.7. The van der Waals surface area contributed by atoms with Gasteiger partial charge in [0.05, 0.1) is 19.8 Å². The van der Waals surface area contributed by atoms with E-state index in [4.69, 9.17) is 4.74 Å². The van der Waals surface area contributed by atoms with Gasteiger partial charge in [-0.1, -0.05) is 30.3 Å². The number of rotatable bonds is 7. The van der Waals surface area contributed by atoms with E-state index in [2.05, 4.69) is 32.2 Å². The van der Waals surface area contributed by atoms with Crippen LogP contribution in [0, 0.1) is 0 Å². The SMILES string of the molecule is CN=C(NCCOCc1ccccc1)N1CCN(CC(=O)N2CCCCC2)CC1. The van der Waals surface area contributed by atoms with Crippen molar-refractivity contribution in [2.24, 2.45) is 4.99 Å². The van der Waals surface area contributed by atoms with E-state index in [0.29, 0.717) is 19.8 Å². The van der Waals surface area contributed by atoms with Crippen LogP contribution >= 0.6 is 0 Å². The van der Waals surface area contributed by atoms with Gasteiger partial charge in [-0.25, -0.2) is 0 Å². The summed E-state index contributed by atoms with van der Waals surface area (Å²) >= 11 is 0. The molecule has 160 valence electrons. The number of piperidine rings is 1. The summed E-state index contributed by atoms with van der Waals surface area (Å²) in [5.41, 5.74) is 1.19. The molecule has 1 aromatic rings.